The Morgan fingerprint density at radius 3 is 2.43 bits per heavy atom. The summed E-state index contributed by atoms with van der Waals surface area (Å²) in [5.41, 5.74) is 0.998. The van der Waals surface area contributed by atoms with Gasteiger partial charge in [-0.1, -0.05) is 25.5 Å². The highest BCUT2D eigenvalue weighted by molar-refractivity contribution is 6.03. The molecule has 1 saturated carbocycles. The molecule has 0 saturated heterocycles. The highest BCUT2D eigenvalue weighted by atomic mass is 16.5. The molecule has 0 heterocycles. The van der Waals surface area contributed by atoms with Gasteiger partial charge in [-0.3, -0.25) is 9.59 Å². The summed E-state index contributed by atoms with van der Waals surface area (Å²) in [5.74, 6) is -0.412. The molecule has 1 aliphatic rings. The summed E-state index contributed by atoms with van der Waals surface area (Å²) in [6.45, 7) is 2.06. The number of carbonyl (C=O) groups excluding carboxylic acids is 2. The van der Waals surface area contributed by atoms with Gasteiger partial charge in [0.1, 0.15) is 11.7 Å². The molecule has 0 N–H and O–H groups in total. The lowest BCUT2D eigenvalue weighted by Gasteiger charge is -2.16. The molecular weight excluding hydrogens is 268 g/mol. The number of hydrogen-bond donors (Lipinski definition) is 0. The average molecular weight is 290 g/mol. The molecule has 0 spiro atoms. The number of rotatable bonds is 5. The molecule has 4 nitrogen and oxygen atoms in total. The van der Waals surface area contributed by atoms with Crippen LogP contribution < -0.4 is 4.74 Å². The first kappa shape index (κ1) is 15.5. The summed E-state index contributed by atoms with van der Waals surface area (Å²) in [6, 6.07) is 7.59. The van der Waals surface area contributed by atoms with Gasteiger partial charge >= 0.3 is 5.97 Å². The molecule has 1 fully saturated rings. The Kier molecular flexibility index (Phi) is 4.99. The average Bonchev–Trinajstić information content (AvgIpc) is 2.84. The standard InChI is InChI=1S/C17H22O4/c1-4-5-12-10-14(15(16(12)18)17(19)21-3)11-6-8-13(20-2)9-7-11/h6-9,12,14-15H,4-5,10H2,1-3H3. The predicted octanol–water partition coefficient (Wildman–Crippen LogP) is 2.96. The van der Waals surface area contributed by atoms with E-state index in [0.717, 1.165) is 30.6 Å². The minimum atomic E-state index is -0.667. The van der Waals surface area contributed by atoms with Gasteiger partial charge in [0.15, 0.2) is 5.78 Å². The zero-order valence-electron chi connectivity index (χ0n) is 12.8. The van der Waals surface area contributed by atoms with Crippen molar-refractivity contribution < 1.29 is 19.1 Å². The van der Waals surface area contributed by atoms with Crippen LogP contribution in [0.25, 0.3) is 0 Å². The van der Waals surface area contributed by atoms with Gasteiger partial charge in [-0.2, -0.15) is 0 Å². The van der Waals surface area contributed by atoms with Crippen LogP contribution in [0.3, 0.4) is 0 Å². The van der Waals surface area contributed by atoms with Gasteiger partial charge in [0.2, 0.25) is 0 Å². The Morgan fingerprint density at radius 2 is 1.90 bits per heavy atom. The van der Waals surface area contributed by atoms with Crippen LogP contribution in [0.5, 0.6) is 5.75 Å². The molecule has 4 heteroatoms. The van der Waals surface area contributed by atoms with Crippen LogP contribution >= 0.6 is 0 Å². The van der Waals surface area contributed by atoms with Crippen LogP contribution in [0, 0.1) is 11.8 Å². The molecule has 0 aromatic heterocycles. The van der Waals surface area contributed by atoms with Crippen molar-refractivity contribution in [3.05, 3.63) is 29.8 Å². The smallest absolute Gasteiger partial charge is 0.316 e. The van der Waals surface area contributed by atoms with E-state index >= 15 is 0 Å². The van der Waals surface area contributed by atoms with Gasteiger partial charge in [0.05, 0.1) is 14.2 Å². The third-order valence-electron chi connectivity index (χ3n) is 4.29. The summed E-state index contributed by atoms with van der Waals surface area (Å²) < 4.78 is 9.99. The molecule has 114 valence electrons. The van der Waals surface area contributed by atoms with Gasteiger partial charge in [-0.25, -0.2) is 0 Å². The quantitative estimate of drug-likeness (QED) is 0.618. The normalized spacial score (nSPS) is 24.9. The monoisotopic (exact) mass is 290 g/mol. The van der Waals surface area contributed by atoms with Crippen LogP contribution in [-0.4, -0.2) is 26.0 Å². The topological polar surface area (TPSA) is 52.6 Å². The van der Waals surface area contributed by atoms with Crippen LogP contribution in [0.2, 0.25) is 0 Å². The molecule has 2 rings (SSSR count). The molecule has 3 atom stereocenters. The fourth-order valence-electron chi connectivity index (χ4n) is 3.21. The summed E-state index contributed by atoms with van der Waals surface area (Å²) in [4.78, 5) is 24.5. The second-order valence-corrected chi connectivity index (χ2v) is 5.50. The minimum Gasteiger partial charge on any atom is -0.497 e. The van der Waals surface area contributed by atoms with Gasteiger partial charge in [0.25, 0.3) is 0 Å². The van der Waals surface area contributed by atoms with Crippen molar-refractivity contribution in [2.75, 3.05) is 14.2 Å². The Bertz CT molecular complexity index is 506. The number of methoxy groups -OCH3 is 2. The second-order valence-electron chi connectivity index (χ2n) is 5.50. The Hall–Kier alpha value is -1.84. The fourth-order valence-corrected chi connectivity index (χ4v) is 3.21. The first-order chi connectivity index (χ1) is 10.1. The maximum absolute atomic E-state index is 12.5. The van der Waals surface area contributed by atoms with Crippen molar-refractivity contribution in [3.63, 3.8) is 0 Å². The summed E-state index contributed by atoms with van der Waals surface area (Å²) in [6.07, 6.45) is 2.50. The molecular formula is C17H22O4. The van der Waals surface area contributed by atoms with Crippen molar-refractivity contribution in [2.45, 2.75) is 32.1 Å². The molecule has 1 aliphatic carbocycles. The number of Topliss-reactive ketones (excluding diaryl/α,β-unsaturated/α-hetero) is 1. The third kappa shape index (κ3) is 3.09. The van der Waals surface area contributed by atoms with E-state index in [4.69, 9.17) is 9.47 Å². The van der Waals surface area contributed by atoms with Crippen LogP contribution in [0.15, 0.2) is 24.3 Å². The maximum atomic E-state index is 12.5. The molecule has 1 aromatic rings. The van der Waals surface area contributed by atoms with E-state index < -0.39 is 11.9 Å². The second kappa shape index (κ2) is 6.74. The fraction of sp³-hybridized carbons (Fsp3) is 0.529. The number of esters is 1. The molecule has 3 unspecified atom stereocenters. The number of ketones is 1. The molecule has 0 aliphatic heterocycles. The number of benzene rings is 1. The minimum absolute atomic E-state index is 0.0320. The van der Waals surface area contributed by atoms with Gasteiger partial charge in [-0.05, 0) is 30.5 Å². The zero-order valence-corrected chi connectivity index (χ0v) is 12.8. The number of hydrogen-bond acceptors (Lipinski definition) is 4. The van der Waals surface area contributed by atoms with Crippen LogP contribution in [-0.2, 0) is 14.3 Å². The lowest BCUT2D eigenvalue weighted by atomic mass is 9.88. The summed E-state index contributed by atoms with van der Waals surface area (Å²) in [5, 5.41) is 0. The lowest BCUT2D eigenvalue weighted by molar-refractivity contribution is -0.149. The predicted molar refractivity (Wildman–Crippen MR) is 79.3 cm³/mol. The molecule has 1 aromatic carbocycles. The van der Waals surface area contributed by atoms with Gasteiger partial charge in [0, 0.05) is 11.8 Å². The van der Waals surface area contributed by atoms with E-state index in [9.17, 15) is 9.59 Å². The van der Waals surface area contributed by atoms with Crippen molar-refractivity contribution in [2.24, 2.45) is 11.8 Å². The van der Waals surface area contributed by atoms with E-state index in [0.29, 0.717) is 0 Å². The van der Waals surface area contributed by atoms with Crippen LogP contribution in [0.1, 0.15) is 37.7 Å². The number of ether oxygens (including phenoxy) is 2. The maximum Gasteiger partial charge on any atom is 0.316 e. The molecule has 0 radical (unpaired) electrons. The Morgan fingerprint density at radius 1 is 1.24 bits per heavy atom. The Balaban J connectivity index is 2.29. The van der Waals surface area contributed by atoms with E-state index in [1.165, 1.54) is 7.11 Å². The SMILES string of the molecule is CCCC1CC(c2ccc(OC)cc2)C(C(=O)OC)C1=O. The lowest BCUT2D eigenvalue weighted by Crippen LogP contribution is -2.26. The van der Waals surface area contributed by atoms with E-state index in [2.05, 4.69) is 6.92 Å². The molecule has 0 amide bonds. The van der Waals surface area contributed by atoms with Crippen molar-refractivity contribution in [3.8, 4) is 5.75 Å². The first-order valence-electron chi connectivity index (χ1n) is 7.37. The number of carbonyl (C=O) groups is 2. The molecule has 0 bridgehead atoms. The van der Waals surface area contributed by atoms with E-state index in [1.807, 2.05) is 24.3 Å². The van der Waals surface area contributed by atoms with Crippen molar-refractivity contribution in [1.82, 2.24) is 0 Å². The zero-order chi connectivity index (χ0) is 15.4. The summed E-state index contributed by atoms with van der Waals surface area (Å²) >= 11 is 0. The van der Waals surface area contributed by atoms with E-state index in [-0.39, 0.29) is 17.6 Å². The van der Waals surface area contributed by atoms with Gasteiger partial charge in [-0.15, -0.1) is 0 Å². The largest absolute Gasteiger partial charge is 0.497 e. The van der Waals surface area contributed by atoms with E-state index in [1.54, 1.807) is 7.11 Å². The third-order valence-corrected chi connectivity index (χ3v) is 4.29. The summed E-state index contributed by atoms with van der Waals surface area (Å²) in [7, 11) is 2.95. The highest BCUT2D eigenvalue weighted by Gasteiger charge is 2.46. The molecule has 21 heavy (non-hydrogen) atoms. The van der Waals surface area contributed by atoms with Crippen molar-refractivity contribution >= 4 is 11.8 Å². The Labute approximate surface area is 125 Å². The van der Waals surface area contributed by atoms with Crippen LogP contribution in [0.4, 0.5) is 0 Å². The first-order valence-corrected chi connectivity index (χ1v) is 7.37. The highest BCUT2D eigenvalue weighted by Crippen LogP contribution is 2.43. The van der Waals surface area contributed by atoms with Gasteiger partial charge < -0.3 is 9.47 Å². The van der Waals surface area contributed by atoms with Crippen molar-refractivity contribution in [1.29, 1.82) is 0 Å².